The molecule has 1 aromatic carbocycles. The van der Waals surface area contributed by atoms with Crippen LogP contribution in [0.3, 0.4) is 0 Å². The second-order valence-electron chi connectivity index (χ2n) is 5.11. The number of oxazole rings is 1. The Balaban J connectivity index is 0.000000220. The van der Waals surface area contributed by atoms with E-state index in [-0.39, 0.29) is 0 Å². The highest BCUT2D eigenvalue weighted by atomic mass is 35.5. The lowest BCUT2D eigenvalue weighted by Gasteiger charge is -1.93. The van der Waals surface area contributed by atoms with E-state index in [1.807, 2.05) is 12.3 Å². The summed E-state index contributed by atoms with van der Waals surface area (Å²) in [5.74, 6) is 0. The molecule has 3 aromatic rings. The number of amides is 1. The van der Waals surface area contributed by atoms with Gasteiger partial charge in [-0.3, -0.25) is 10.1 Å². The lowest BCUT2D eigenvalue weighted by molar-refractivity contribution is -0.109. The van der Waals surface area contributed by atoms with Crippen LogP contribution in [-0.2, 0) is 4.79 Å². The molecule has 0 bridgehead atoms. The van der Waals surface area contributed by atoms with Crippen molar-refractivity contribution in [2.24, 2.45) is 0 Å². The molecular weight excluding hydrogens is 336 g/mol. The predicted molar refractivity (Wildman–Crippen MR) is 91.4 cm³/mol. The van der Waals surface area contributed by atoms with Gasteiger partial charge in [0.05, 0.1) is 5.69 Å². The average molecular weight is 351 g/mol. The Morgan fingerprint density at radius 2 is 2.22 bits per heavy atom. The van der Waals surface area contributed by atoms with Crippen LogP contribution in [0.1, 0.15) is 18.5 Å². The van der Waals surface area contributed by atoms with E-state index in [4.69, 9.17) is 16.0 Å². The van der Waals surface area contributed by atoms with Gasteiger partial charge in [0, 0.05) is 16.4 Å². The normalized spacial score (nSPS) is 13.3. The van der Waals surface area contributed by atoms with Gasteiger partial charge in [0.15, 0.2) is 10.7 Å². The molecule has 1 aliphatic rings. The van der Waals surface area contributed by atoms with Crippen LogP contribution in [0.25, 0.3) is 11.1 Å². The Labute approximate surface area is 141 Å². The Hall–Kier alpha value is -2.12. The number of thiazole rings is 1. The zero-order valence-corrected chi connectivity index (χ0v) is 13.9. The first kappa shape index (κ1) is 15.8. The van der Waals surface area contributed by atoms with Gasteiger partial charge in [0.25, 0.3) is 0 Å². The van der Waals surface area contributed by atoms with Gasteiger partial charge >= 0.3 is 6.01 Å². The molecule has 4 rings (SSSR count). The van der Waals surface area contributed by atoms with E-state index >= 15 is 0 Å². The van der Waals surface area contributed by atoms with Crippen molar-refractivity contribution in [1.82, 2.24) is 15.3 Å². The standard InChI is InChI=1S/C11H8ClN3OS.C4H7NO/c1-6-5-17-11(13-6)15-10-14-8-4-7(12)2-3-9(8)16-10;6-3-5-4-1-2-4/h2-5H,1H3,(H,13,14,15);3-4H,1-2H2,(H,5,6). The number of carbonyl (C=O) groups is 1. The van der Waals surface area contributed by atoms with Gasteiger partial charge in [0.2, 0.25) is 6.41 Å². The second-order valence-corrected chi connectivity index (χ2v) is 6.40. The number of aryl methyl sites for hydroxylation is 1. The highest BCUT2D eigenvalue weighted by Gasteiger charge is 2.18. The van der Waals surface area contributed by atoms with E-state index < -0.39 is 0 Å². The molecule has 0 aliphatic heterocycles. The number of anilines is 2. The zero-order chi connectivity index (χ0) is 16.2. The SMILES string of the molecule is Cc1csc(Nc2nc3cc(Cl)ccc3o2)n1.O=CNC1CC1. The van der Waals surface area contributed by atoms with Gasteiger partial charge in [-0.25, -0.2) is 4.98 Å². The number of hydrogen-bond acceptors (Lipinski definition) is 6. The molecule has 1 saturated carbocycles. The lowest BCUT2D eigenvalue weighted by Crippen LogP contribution is -2.11. The van der Waals surface area contributed by atoms with Gasteiger partial charge in [0.1, 0.15) is 5.52 Å². The first-order valence-electron chi connectivity index (χ1n) is 7.09. The minimum Gasteiger partial charge on any atom is -0.423 e. The van der Waals surface area contributed by atoms with E-state index in [1.54, 1.807) is 18.2 Å². The molecule has 6 nitrogen and oxygen atoms in total. The van der Waals surface area contributed by atoms with E-state index in [0.717, 1.165) is 22.8 Å². The Bertz CT molecular complexity index is 813. The smallest absolute Gasteiger partial charge is 0.302 e. The fourth-order valence-corrected chi connectivity index (χ4v) is 2.65. The number of carbonyl (C=O) groups excluding carboxylic acids is 1. The van der Waals surface area contributed by atoms with Gasteiger partial charge in [-0.2, -0.15) is 4.98 Å². The Morgan fingerprint density at radius 1 is 1.39 bits per heavy atom. The maximum absolute atomic E-state index is 9.54. The van der Waals surface area contributed by atoms with Crippen molar-refractivity contribution in [3.05, 3.63) is 34.3 Å². The monoisotopic (exact) mass is 350 g/mol. The Kier molecular flexibility index (Phi) is 4.78. The molecule has 2 aromatic heterocycles. The number of hydrogen-bond donors (Lipinski definition) is 2. The van der Waals surface area contributed by atoms with Gasteiger partial charge in [-0.05, 0) is 38.0 Å². The van der Waals surface area contributed by atoms with Crippen molar-refractivity contribution in [3.63, 3.8) is 0 Å². The largest absolute Gasteiger partial charge is 0.423 e. The van der Waals surface area contributed by atoms with Crippen molar-refractivity contribution in [1.29, 1.82) is 0 Å². The van der Waals surface area contributed by atoms with Crippen LogP contribution in [0.2, 0.25) is 5.02 Å². The molecule has 0 saturated heterocycles. The lowest BCUT2D eigenvalue weighted by atomic mass is 10.3. The molecule has 8 heteroatoms. The molecule has 0 radical (unpaired) electrons. The van der Waals surface area contributed by atoms with Crippen molar-refractivity contribution < 1.29 is 9.21 Å². The number of rotatable bonds is 4. The number of fused-ring (bicyclic) bond motifs is 1. The molecule has 23 heavy (non-hydrogen) atoms. The molecule has 1 fully saturated rings. The van der Waals surface area contributed by atoms with E-state index in [9.17, 15) is 4.79 Å². The zero-order valence-electron chi connectivity index (χ0n) is 12.4. The van der Waals surface area contributed by atoms with Crippen molar-refractivity contribution in [3.8, 4) is 0 Å². The van der Waals surface area contributed by atoms with Crippen LogP contribution in [0.5, 0.6) is 0 Å². The van der Waals surface area contributed by atoms with E-state index in [2.05, 4.69) is 20.6 Å². The quantitative estimate of drug-likeness (QED) is 0.698. The van der Waals surface area contributed by atoms with Crippen molar-refractivity contribution in [2.45, 2.75) is 25.8 Å². The molecule has 2 N–H and O–H groups in total. The minimum absolute atomic E-state index is 0.427. The van der Waals surface area contributed by atoms with Crippen LogP contribution >= 0.6 is 22.9 Å². The third kappa shape index (κ3) is 4.43. The molecule has 1 amide bonds. The summed E-state index contributed by atoms with van der Waals surface area (Å²) >= 11 is 7.39. The molecule has 0 unspecified atom stereocenters. The summed E-state index contributed by atoms with van der Waals surface area (Å²) in [6, 6.07) is 6.28. The highest BCUT2D eigenvalue weighted by Crippen LogP contribution is 2.25. The topological polar surface area (TPSA) is 80.1 Å². The van der Waals surface area contributed by atoms with Crippen LogP contribution in [0.4, 0.5) is 11.1 Å². The molecular formula is C15H15ClN4O2S. The molecule has 0 spiro atoms. The van der Waals surface area contributed by atoms with E-state index in [1.165, 1.54) is 24.2 Å². The first-order chi connectivity index (χ1) is 11.1. The van der Waals surface area contributed by atoms with E-state index in [0.29, 0.717) is 22.7 Å². The molecule has 1 aliphatic carbocycles. The summed E-state index contributed by atoms with van der Waals surface area (Å²) in [7, 11) is 0. The number of benzene rings is 1. The van der Waals surface area contributed by atoms with Gasteiger partial charge < -0.3 is 9.73 Å². The fourth-order valence-electron chi connectivity index (χ4n) is 1.80. The van der Waals surface area contributed by atoms with Crippen LogP contribution in [-0.4, -0.2) is 22.4 Å². The maximum Gasteiger partial charge on any atom is 0.302 e. The summed E-state index contributed by atoms with van der Waals surface area (Å²) in [5, 5.41) is 9.02. The third-order valence-corrected chi connectivity index (χ3v) is 4.17. The Morgan fingerprint density at radius 3 is 2.83 bits per heavy atom. The molecule has 120 valence electrons. The summed E-state index contributed by atoms with van der Waals surface area (Å²) in [6.07, 6.45) is 3.12. The van der Waals surface area contributed by atoms with Crippen LogP contribution in [0.15, 0.2) is 28.0 Å². The van der Waals surface area contributed by atoms with Crippen molar-refractivity contribution >= 4 is 51.6 Å². The summed E-state index contributed by atoms with van der Waals surface area (Å²) in [5.41, 5.74) is 2.40. The summed E-state index contributed by atoms with van der Waals surface area (Å²) < 4.78 is 5.52. The van der Waals surface area contributed by atoms with Gasteiger partial charge in [-0.15, -0.1) is 11.3 Å². The summed E-state index contributed by atoms with van der Waals surface area (Å²) in [6.45, 7) is 1.94. The predicted octanol–water partition coefficient (Wildman–Crippen LogP) is 3.88. The fraction of sp³-hybridized carbons (Fsp3) is 0.267. The first-order valence-corrected chi connectivity index (χ1v) is 8.35. The van der Waals surface area contributed by atoms with Crippen LogP contribution < -0.4 is 10.6 Å². The number of nitrogens with one attached hydrogen (secondary N) is 2. The molecule has 0 atom stereocenters. The van der Waals surface area contributed by atoms with Gasteiger partial charge in [-0.1, -0.05) is 11.6 Å². The average Bonchev–Trinajstić information content (AvgIpc) is 3.10. The maximum atomic E-state index is 9.54. The molecule has 2 heterocycles. The highest BCUT2D eigenvalue weighted by molar-refractivity contribution is 7.13. The minimum atomic E-state index is 0.427. The van der Waals surface area contributed by atoms with Crippen molar-refractivity contribution in [2.75, 3.05) is 5.32 Å². The van der Waals surface area contributed by atoms with Crippen LogP contribution in [0, 0.1) is 6.92 Å². The summed E-state index contributed by atoms with van der Waals surface area (Å²) in [4.78, 5) is 18.1. The number of nitrogens with zero attached hydrogens (tertiary/aromatic N) is 2. The second kappa shape index (κ2) is 6.97. The number of aromatic nitrogens is 2. The number of halogens is 1. The third-order valence-electron chi connectivity index (χ3n) is 3.06.